The van der Waals surface area contributed by atoms with Gasteiger partial charge in [0.05, 0.1) is 12.7 Å². The van der Waals surface area contributed by atoms with Crippen LogP contribution in [0.25, 0.3) is 11.0 Å². The number of aliphatic hydroxyl groups excluding tert-OH is 2. The molecule has 1 aliphatic rings. The van der Waals surface area contributed by atoms with Crippen LogP contribution in [0.4, 0.5) is 11.6 Å². The van der Waals surface area contributed by atoms with E-state index in [1.165, 1.54) is 19.6 Å². The average molecular weight is 564 g/mol. The number of para-hydroxylation sites is 1. The fourth-order valence-corrected chi connectivity index (χ4v) is 5.15. The van der Waals surface area contributed by atoms with Crippen LogP contribution in [-0.2, 0) is 23.4 Å². The number of nitrogen functional groups attached to an aromatic ring is 1. The first kappa shape index (κ1) is 28.5. The third-order valence-electron chi connectivity index (χ3n) is 5.52. The molecular formula is C23H30N7O8P. The summed E-state index contributed by atoms with van der Waals surface area (Å²) in [5, 5.41) is 26.6. The lowest BCUT2D eigenvalue weighted by molar-refractivity contribution is -0.149. The number of aromatic nitrogens is 4. The van der Waals surface area contributed by atoms with Crippen LogP contribution in [0.2, 0.25) is 0 Å². The fraction of sp³-hybridized carbons (Fsp3) is 0.435. The molecule has 6 atom stereocenters. The molecule has 210 valence electrons. The summed E-state index contributed by atoms with van der Waals surface area (Å²) in [5.74, 6) is -0.132. The van der Waals surface area contributed by atoms with Crippen molar-refractivity contribution < 1.29 is 38.1 Å². The van der Waals surface area contributed by atoms with Crippen LogP contribution in [-0.4, -0.2) is 79.4 Å². The number of hydrogen-bond donors (Lipinski definition) is 5. The van der Waals surface area contributed by atoms with Crippen molar-refractivity contribution >= 4 is 36.4 Å². The van der Waals surface area contributed by atoms with Crippen molar-refractivity contribution in [1.82, 2.24) is 25.0 Å². The number of rotatable bonds is 11. The van der Waals surface area contributed by atoms with Gasteiger partial charge in [0.15, 0.2) is 17.9 Å². The summed E-state index contributed by atoms with van der Waals surface area (Å²) in [6, 6.07) is 7.14. The summed E-state index contributed by atoms with van der Waals surface area (Å²) < 4.78 is 35.7. The number of nitrogens with two attached hydrogens (primary N) is 1. The van der Waals surface area contributed by atoms with E-state index in [0.29, 0.717) is 0 Å². The van der Waals surface area contributed by atoms with Crippen LogP contribution in [0.1, 0.15) is 20.8 Å². The van der Waals surface area contributed by atoms with Crippen molar-refractivity contribution in [3.8, 4) is 5.75 Å². The molecule has 1 aromatic carbocycles. The van der Waals surface area contributed by atoms with Gasteiger partial charge in [-0.3, -0.25) is 9.32 Å². The minimum absolute atomic E-state index is 0.137. The number of aliphatic hydroxyl groups is 2. The Kier molecular flexibility index (Phi) is 8.90. The second kappa shape index (κ2) is 12.2. The molecular weight excluding hydrogens is 533 g/mol. The number of nitrogens with one attached hydrogen (secondary N) is 2. The molecule has 0 bridgehead atoms. The van der Waals surface area contributed by atoms with Gasteiger partial charge in [-0.2, -0.15) is 5.09 Å². The normalized spacial score (nSPS) is 23.3. The zero-order valence-corrected chi connectivity index (χ0v) is 22.3. The fourth-order valence-electron chi connectivity index (χ4n) is 3.65. The Labute approximate surface area is 223 Å². The van der Waals surface area contributed by atoms with Crippen LogP contribution in [0, 0.1) is 0 Å². The van der Waals surface area contributed by atoms with Crippen molar-refractivity contribution in [1.29, 1.82) is 0 Å². The first-order chi connectivity index (χ1) is 18.6. The van der Waals surface area contributed by atoms with Gasteiger partial charge in [0.25, 0.3) is 0 Å². The Balaban J connectivity index is 1.47. The maximum Gasteiger partial charge on any atom is 0.459 e. The molecule has 1 aliphatic heterocycles. The standard InChI is InChI=1S/C23H30N7O8P/c1-12(2)36-23(33)13(3)30-39(34,38-14-7-5-4-6-8-14)35-9-15-18(31)19(32)22(37-15)29-21-17-16(25-11-28-21)20(24)27-10-26-17/h4-8,10-13,15,18-19,22,31-32H,9H2,1-3H3,(H,30,34)(H2,24,26,27)(H,25,28,29)/t13-,15-,18-,19-,22-,39?/m1/s1. The monoisotopic (exact) mass is 563 g/mol. The Morgan fingerprint density at radius 3 is 2.49 bits per heavy atom. The Morgan fingerprint density at radius 1 is 1.08 bits per heavy atom. The van der Waals surface area contributed by atoms with Crippen molar-refractivity contribution in [3.63, 3.8) is 0 Å². The van der Waals surface area contributed by atoms with E-state index in [1.54, 1.807) is 44.2 Å². The third kappa shape index (κ3) is 6.95. The van der Waals surface area contributed by atoms with Gasteiger partial charge < -0.3 is 35.3 Å². The first-order valence-corrected chi connectivity index (χ1v) is 13.6. The highest BCUT2D eigenvalue weighted by Crippen LogP contribution is 2.45. The van der Waals surface area contributed by atoms with E-state index in [-0.39, 0.29) is 34.5 Å². The van der Waals surface area contributed by atoms with E-state index in [2.05, 4.69) is 30.3 Å². The number of anilines is 2. The lowest BCUT2D eigenvalue weighted by Gasteiger charge is -2.25. The maximum absolute atomic E-state index is 13.7. The van der Waals surface area contributed by atoms with Gasteiger partial charge in [0.1, 0.15) is 53.8 Å². The highest BCUT2D eigenvalue weighted by atomic mass is 31.2. The number of benzene rings is 1. The summed E-state index contributed by atoms with van der Waals surface area (Å²) >= 11 is 0. The molecule has 6 N–H and O–H groups in total. The van der Waals surface area contributed by atoms with E-state index < -0.39 is 50.9 Å². The topological polar surface area (TPSA) is 213 Å². The Bertz CT molecular complexity index is 1330. The molecule has 3 heterocycles. The molecule has 0 radical (unpaired) electrons. The molecule has 0 saturated carbocycles. The SMILES string of the molecule is CC(C)OC(=O)[C@@H](C)NP(=O)(OC[C@H]1O[C@@H](Nc2ncnc3c(N)ncnc23)[C@H](O)[C@@H]1O)Oc1ccccc1. The molecule has 16 heteroatoms. The van der Waals surface area contributed by atoms with E-state index in [9.17, 15) is 19.6 Å². The first-order valence-electron chi connectivity index (χ1n) is 12.0. The van der Waals surface area contributed by atoms with E-state index in [0.717, 1.165) is 0 Å². The predicted molar refractivity (Wildman–Crippen MR) is 138 cm³/mol. The summed E-state index contributed by atoms with van der Waals surface area (Å²) in [6.07, 6.45) is -3.08. The molecule has 3 aromatic rings. The molecule has 0 spiro atoms. The molecule has 0 aliphatic carbocycles. The van der Waals surface area contributed by atoms with Crippen molar-refractivity contribution in [2.75, 3.05) is 17.7 Å². The number of ether oxygens (including phenoxy) is 2. The molecule has 39 heavy (non-hydrogen) atoms. The molecule has 2 aromatic heterocycles. The largest absolute Gasteiger partial charge is 0.462 e. The van der Waals surface area contributed by atoms with Crippen molar-refractivity contribution in [3.05, 3.63) is 43.0 Å². The molecule has 4 rings (SSSR count). The average Bonchev–Trinajstić information content (AvgIpc) is 3.16. The summed E-state index contributed by atoms with van der Waals surface area (Å²) in [4.78, 5) is 28.5. The lowest BCUT2D eigenvalue weighted by atomic mass is 10.1. The Hall–Kier alpha value is -3.46. The highest BCUT2D eigenvalue weighted by Gasteiger charge is 2.45. The minimum atomic E-state index is -4.21. The number of nitrogens with zero attached hydrogens (tertiary/aromatic N) is 4. The molecule has 15 nitrogen and oxygen atoms in total. The van der Waals surface area contributed by atoms with Gasteiger partial charge in [-0.15, -0.1) is 0 Å². The molecule has 1 unspecified atom stereocenters. The Morgan fingerprint density at radius 2 is 1.77 bits per heavy atom. The van der Waals surface area contributed by atoms with Crippen LogP contribution in [0.3, 0.4) is 0 Å². The van der Waals surface area contributed by atoms with E-state index in [1.807, 2.05) is 0 Å². The minimum Gasteiger partial charge on any atom is -0.462 e. The summed E-state index contributed by atoms with van der Waals surface area (Å²) in [7, 11) is -4.21. The van der Waals surface area contributed by atoms with Crippen LogP contribution >= 0.6 is 7.75 Å². The molecule has 1 fully saturated rings. The van der Waals surface area contributed by atoms with Crippen molar-refractivity contribution in [2.45, 2.75) is 57.5 Å². The highest BCUT2D eigenvalue weighted by molar-refractivity contribution is 7.52. The molecule has 0 amide bonds. The summed E-state index contributed by atoms with van der Waals surface area (Å²) in [5.41, 5.74) is 6.41. The predicted octanol–water partition coefficient (Wildman–Crippen LogP) is 0.994. The quantitative estimate of drug-likeness (QED) is 0.162. The van der Waals surface area contributed by atoms with Crippen LogP contribution in [0.15, 0.2) is 43.0 Å². The van der Waals surface area contributed by atoms with E-state index >= 15 is 0 Å². The van der Waals surface area contributed by atoms with Crippen molar-refractivity contribution in [2.24, 2.45) is 0 Å². The number of hydrogen-bond acceptors (Lipinski definition) is 14. The van der Waals surface area contributed by atoms with Gasteiger partial charge in [-0.05, 0) is 32.9 Å². The number of esters is 1. The van der Waals surface area contributed by atoms with Gasteiger partial charge in [-0.1, -0.05) is 18.2 Å². The lowest BCUT2D eigenvalue weighted by Crippen LogP contribution is -2.38. The number of carbonyl (C=O) groups excluding carboxylic acids is 1. The van der Waals surface area contributed by atoms with Gasteiger partial charge in [0.2, 0.25) is 0 Å². The number of fused-ring (bicyclic) bond motifs is 1. The summed E-state index contributed by atoms with van der Waals surface area (Å²) in [6.45, 7) is 4.34. The van der Waals surface area contributed by atoms with Gasteiger partial charge in [0, 0.05) is 0 Å². The van der Waals surface area contributed by atoms with Crippen LogP contribution < -0.4 is 20.7 Å². The van der Waals surface area contributed by atoms with Crippen LogP contribution in [0.5, 0.6) is 5.75 Å². The van der Waals surface area contributed by atoms with E-state index in [4.69, 9.17) is 24.3 Å². The molecule has 1 saturated heterocycles. The second-order valence-corrected chi connectivity index (χ2v) is 10.6. The smallest absolute Gasteiger partial charge is 0.459 e. The van der Waals surface area contributed by atoms with Gasteiger partial charge in [-0.25, -0.2) is 24.5 Å². The number of carbonyl (C=O) groups is 1. The van der Waals surface area contributed by atoms with Gasteiger partial charge >= 0.3 is 13.7 Å². The zero-order chi connectivity index (χ0) is 28.2. The third-order valence-corrected chi connectivity index (χ3v) is 7.17. The second-order valence-electron chi connectivity index (χ2n) is 8.93. The zero-order valence-electron chi connectivity index (χ0n) is 21.4. The maximum atomic E-state index is 13.7.